The summed E-state index contributed by atoms with van der Waals surface area (Å²) in [6.45, 7) is 4.19. The van der Waals surface area contributed by atoms with E-state index in [0.717, 1.165) is 105 Å². The van der Waals surface area contributed by atoms with Crippen LogP contribution in [0.15, 0.2) is 162 Å². The molecule has 1 aromatic heterocycles. The Bertz CT molecular complexity index is 2810. The molecule has 0 aliphatic carbocycles. The number of nitrogens with two attached hydrogens (primary N) is 1. The molecule has 0 saturated heterocycles. The Morgan fingerprint density at radius 3 is 1.27 bits per heavy atom. The highest BCUT2D eigenvalue weighted by Gasteiger charge is 2.24. The largest absolute Gasteiger partial charge is 0.396 e. The summed E-state index contributed by atoms with van der Waals surface area (Å²) >= 11 is 6.56. The van der Waals surface area contributed by atoms with Gasteiger partial charge in [0.2, 0.25) is 0 Å². The highest BCUT2D eigenvalue weighted by Crippen LogP contribution is 2.48. The summed E-state index contributed by atoms with van der Waals surface area (Å²) < 4.78 is 13.9. The van der Waals surface area contributed by atoms with E-state index in [9.17, 15) is 9.59 Å². The van der Waals surface area contributed by atoms with Gasteiger partial charge in [-0.25, -0.2) is 0 Å². The monoisotopic (exact) mass is 850 g/mol. The summed E-state index contributed by atoms with van der Waals surface area (Å²) in [7, 11) is 0. The topological polar surface area (TPSA) is 105 Å². The fourth-order valence-corrected chi connectivity index (χ4v) is 8.58. The number of carbonyl (C=O) groups excluding carboxylic acids is 2. The Morgan fingerprint density at radius 1 is 0.532 bits per heavy atom. The van der Waals surface area contributed by atoms with Crippen LogP contribution in [0.5, 0.6) is 0 Å². The van der Waals surface area contributed by atoms with Crippen LogP contribution >= 0.6 is 11.7 Å². The van der Waals surface area contributed by atoms with Gasteiger partial charge < -0.3 is 15.5 Å². The van der Waals surface area contributed by atoms with Crippen molar-refractivity contribution in [3.8, 4) is 22.3 Å². The first kappa shape index (κ1) is 41.8. The molecule has 0 aliphatic rings. The van der Waals surface area contributed by atoms with Crippen LogP contribution in [0.3, 0.4) is 0 Å². The van der Waals surface area contributed by atoms with Gasteiger partial charge in [-0.15, -0.1) is 0 Å². The average Bonchev–Trinajstić information content (AvgIpc) is 3.81. The van der Waals surface area contributed by atoms with Crippen molar-refractivity contribution in [2.45, 2.75) is 52.4 Å². The summed E-state index contributed by atoms with van der Waals surface area (Å²) in [6, 6.07) is 52.3. The van der Waals surface area contributed by atoms with Gasteiger partial charge in [-0.2, -0.15) is 13.1 Å². The second-order valence-electron chi connectivity index (χ2n) is 15.1. The SMILES string of the molecule is CCCCC(=O)c1ccc(N(c2ccccc2)c2ccc(-c3c(N)c(N=S)c(-c4ccc(N(c5ccccc5)c5ccc(C(=O)CCCC)cc5)cc4)c4nsnc34)cc2)cc1. The summed E-state index contributed by atoms with van der Waals surface area (Å²) in [5.74, 6) is 0.318. The quantitative estimate of drug-likeness (QED) is 0.0713. The number of nitrogens with zero attached hydrogens (tertiary/aromatic N) is 5. The fraction of sp³-hybridized carbons (Fsp3) is 0.154. The molecule has 0 atom stereocenters. The number of hydrogen-bond acceptors (Lipinski definition) is 10. The van der Waals surface area contributed by atoms with E-state index in [1.807, 2.05) is 109 Å². The molecule has 0 spiro atoms. The Hall–Kier alpha value is -6.88. The van der Waals surface area contributed by atoms with E-state index in [2.05, 4.69) is 76.5 Å². The molecule has 8 rings (SSSR count). The Labute approximate surface area is 372 Å². The molecule has 0 fully saturated rings. The maximum absolute atomic E-state index is 12.8. The molecule has 62 heavy (non-hydrogen) atoms. The third-order valence-corrected chi connectivity index (χ3v) is 11.8. The van der Waals surface area contributed by atoms with Crippen molar-refractivity contribution in [3.05, 3.63) is 169 Å². The normalized spacial score (nSPS) is 11.1. The van der Waals surface area contributed by atoms with Crippen LogP contribution in [0.4, 0.5) is 45.5 Å². The number of ketones is 2. The molecular weight excluding hydrogens is 805 g/mol. The van der Waals surface area contributed by atoms with Crippen LogP contribution in [0.25, 0.3) is 33.3 Å². The fourth-order valence-electron chi connectivity index (χ4n) is 7.83. The zero-order valence-corrected chi connectivity index (χ0v) is 36.3. The number of para-hydroxylation sites is 2. The molecule has 0 unspecified atom stereocenters. The first-order valence-electron chi connectivity index (χ1n) is 21.0. The number of anilines is 7. The van der Waals surface area contributed by atoms with Crippen molar-refractivity contribution in [2.75, 3.05) is 15.5 Å². The van der Waals surface area contributed by atoms with Crippen molar-refractivity contribution in [3.63, 3.8) is 0 Å². The molecule has 10 heteroatoms. The van der Waals surface area contributed by atoms with Crippen molar-refractivity contribution in [1.29, 1.82) is 0 Å². The molecule has 8 aromatic rings. The highest BCUT2D eigenvalue weighted by molar-refractivity contribution is 7.47. The Kier molecular flexibility index (Phi) is 13.0. The molecule has 0 radical (unpaired) electrons. The minimum absolute atomic E-state index is 0.159. The first-order chi connectivity index (χ1) is 30.4. The summed E-state index contributed by atoms with van der Waals surface area (Å²) in [5, 5.41) is 0. The van der Waals surface area contributed by atoms with E-state index in [4.69, 9.17) is 26.9 Å². The van der Waals surface area contributed by atoms with Gasteiger partial charge in [0.05, 0.1) is 17.4 Å². The van der Waals surface area contributed by atoms with Gasteiger partial charge in [0.25, 0.3) is 0 Å². The molecule has 0 bridgehead atoms. The molecule has 7 aromatic carbocycles. The van der Waals surface area contributed by atoms with Crippen LogP contribution < -0.4 is 15.5 Å². The zero-order chi connectivity index (χ0) is 43.0. The van der Waals surface area contributed by atoms with Gasteiger partial charge in [-0.3, -0.25) is 9.59 Å². The lowest BCUT2D eigenvalue weighted by Crippen LogP contribution is -2.10. The Balaban J connectivity index is 1.13. The number of nitrogen functional groups attached to an aromatic ring is 1. The van der Waals surface area contributed by atoms with Crippen LogP contribution in [-0.2, 0) is 12.4 Å². The lowest BCUT2D eigenvalue weighted by Gasteiger charge is -2.26. The van der Waals surface area contributed by atoms with Gasteiger partial charge in [-0.05, 0) is 121 Å². The molecule has 308 valence electrons. The second-order valence-corrected chi connectivity index (χ2v) is 15.9. The lowest BCUT2D eigenvalue weighted by molar-refractivity contribution is 0.0972. The predicted molar refractivity (Wildman–Crippen MR) is 259 cm³/mol. The highest BCUT2D eigenvalue weighted by atomic mass is 32.1. The summed E-state index contributed by atoms with van der Waals surface area (Å²) in [4.78, 5) is 29.9. The number of carbonyl (C=O) groups is 2. The second kappa shape index (κ2) is 19.2. The smallest absolute Gasteiger partial charge is 0.162 e. The van der Waals surface area contributed by atoms with Gasteiger partial charge in [0.15, 0.2) is 11.6 Å². The number of rotatable bonds is 17. The number of hydrogen-bond donors (Lipinski definition) is 1. The van der Waals surface area contributed by atoms with Gasteiger partial charge in [0, 0.05) is 81.6 Å². The third-order valence-electron chi connectivity index (χ3n) is 11.1. The summed E-state index contributed by atoms with van der Waals surface area (Å²) in [5.41, 5.74) is 19.6. The maximum Gasteiger partial charge on any atom is 0.162 e. The maximum atomic E-state index is 12.8. The Morgan fingerprint density at radius 2 is 0.887 bits per heavy atom. The van der Waals surface area contributed by atoms with Crippen molar-refractivity contribution >= 4 is 92.3 Å². The van der Waals surface area contributed by atoms with E-state index >= 15 is 0 Å². The van der Waals surface area contributed by atoms with Crippen molar-refractivity contribution < 1.29 is 9.59 Å². The minimum atomic E-state index is 0.159. The number of fused-ring (bicyclic) bond motifs is 1. The summed E-state index contributed by atoms with van der Waals surface area (Å²) in [6.07, 6.45) is 4.82. The van der Waals surface area contributed by atoms with E-state index in [0.29, 0.717) is 35.2 Å². The minimum Gasteiger partial charge on any atom is -0.396 e. The van der Waals surface area contributed by atoms with Crippen LogP contribution in [-0.4, -0.2) is 20.3 Å². The molecule has 0 amide bonds. The number of aromatic nitrogens is 2. The average molecular weight is 851 g/mol. The van der Waals surface area contributed by atoms with Gasteiger partial charge >= 0.3 is 0 Å². The van der Waals surface area contributed by atoms with E-state index in [1.165, 1.54) is 0 Å². The molecule has 0 aliphatic heterocycles. The molecule has 0 saturated carbocycles. The first-order valence-corrected chi connectivity index (χ1v) is 22.1. The predicted octanol–water partition coefficient (Wildman–Crippen LogP) is 14.7. The number of unbranched alkanes of at least 4 members (excludes halogenated alkanes) is 2. The van der Waals surface area contributed by atoms with Crippen molar-refractivity contribution in [2.24, 2.45) is 4.36 Å². The van der Waals surface area contributed by atoms with Crippen LogP contribution in [0, 0.1) is 0 Å². The van der Waals surface area contributed by atoms with E-state index < -0.39 is 0 Å². The van der Waals surface area contributed by atoms with Crippen molar-refractivity contribution in [1.82, 2.24) is 8.75 Å². The molecule has 8 nitrogen and oxygen atoms in total. The van der Waals surface area contributed by atoms with Gasteiger partial charge in [0.1, 0.15) is 16.7 Å². The number of benzene rings is 7. The van der Waals surface area contributed by atoms with Crippen LogP contribution in [0.2, 0.25) is 0 Å². The zero-order valence-electron chi connectivity index (χ0n) is 34.7. The molecule has 1 heterocycles. The lowest BCUT2D eigenvalue weighted by atomic mass is 9.93. The van der Waals surface area contributed by atoms with Gasteiger partial charge in [-0.1, -0.05) is 87.4 Å². The number of Topliss-reactive ketones (excluding diaryl/α,β-unsaturated/α-hetero) is 2. The van der Waals surface area contributed by atoms with Crippen LogP contribution in [0.1, 0.15) is 73.1 Å². The van der Waals surface area contributed by atoms with E-state index in [-0.39, 0.29) is 11.6 Å². The molecule has 2 N–H and O–H groups in total. The van der Waals surface area contributed by atoms with E-state index in [1.54, 1.807) is 0 Å². The standard InChI is InChI=1S/C52H46N6O2S2/c1-3-5-17-45(59)35-19-27-41(28-20-35)57(39-13-9-7-10-14-39)43-31-23-37(24-32-43)47-49(53)50(54-61)48(52-51(47)55-62-56-52)38-25-33-44(34-26-38)58(40-15-11-8-12-16-40)42-29-21-36(22-30-42)46(60)18-6-4-2/h7-16,19-34H,3-6,17-18,53H2,1-2H3. The molecular formula is C52H46N6O2S2. The third kappa shape index (κ3) is 8.66.